The first-order chi connectivity index (χ1) is 15.7. The molecule has 0 aromatic heterocycles. The molecule has 174 valence electrons. The SMILES string of the molecule is CN/C=C(\C=N)N1CCCC2=C(C=CCC2C(=N)C2=C(NC3CCCCC3)CCNC2)C1. The molecular weight excluding hydrogens is 396 g/mol. The molecule has 4 aliphatic rings. The van der Waals surface area contributed by atoms with Crippen molar-refractivity contribution in [1.82, 2.24) is 20.9 Å². The first kappa shape index (κ1) is 22.8. The molecular formula is C26H40N6. The van der Waals surface area contributed by atoms with Gasteiger partial charge in [0.05, 0.1) is 5.70 Å². The number of hydrogen-bond donors (Lipinski definition) is 5. The van der Waals surface area contributed by atoms with Crippen molar-refractivity contribution in [1.29, 1.82) is 10.8 Å². The Hall–Kier alpha value is -2.34. The van der Waals surface area contributed by atoms with Crippen LogP contribution in [0.4, 0.5) is 0 Å². The summed E-state index contributed by atoms with van der Waals surface area (Å²) in [5, 5.41) is 27.6. The van der Waals surface area contributed by atoms with Gasteiger partial charge in [-0.3, -0.25) is 0 Å². The highest BCUT2D eigenvalue weighted by Gasteiger charge is 2.30. The van der Waals surface area contributed by atoms with E-state index in [4.69, 9.17) is 5.41 Å². The van der Waals surface area contributed by atoms with E-state index in [2.05, 4.69) is 33.0 Å². The zero-order chi connectivity index (χ0) is 22.3. The summed E-state index contributed by atoms with van der Waals surface area (Å²) in [4.78, 5) is 2.29. The molecule has 0 saturated heterocycles. The lowest BCUT2D eigenvalue weighted by molar-refractivity contribution is 0.388. The lowest BCUT2D eigenvalue weighted by Crippen LogP contribution is -2.39. The predicted molar refractivity (Wildman–Crippen MR) is 133 cm³/mol. The maximum Gasteiger partial charge on any atom is 0.0707 e. The van der Waals surface area contributed by atoms with Crippen LogP contribution >= 0.6 is 0 Å². The molecule has 1 fully saturated rings. The van der Waals surface area contributed by atoms with E-state index in [0.717, 1.165) is 63.3 Å². The molecule has 1 unspecified atom stereocenters. The van der Waals surface area contributed by atoms with Crippen molar-refractivity contribution in [2.75, 3.05) is 33.2 Å². The Morgan fingerprint density at radius 1 is 1.19 bits per heavy atom. The molecule has 2 aliphatic carbocycles. The third kappa shape index (κ3) is 5.17. The molecule has 1 atom stereocenters. The van der Waals surface area contributed by atoms with E-state index < -0.39 is 0 Å². The highest BCUT2D eigenvalue weighted by Crippen LogP contribution is 2.35. The van der Waals surface area contributed by atoms with Crippen molar-refractivity contribution in [3.8, 4) is 0 Å². The van der Waals surface area contributed by atoms with Crippen LogP contribution in [0.1, 0.15) is 57.8 Å². The van der Waals surface area contributed by atoms with Crippen LogP contribution in [0.2, 0.25) is 0 Å². The van der Waals surface area contributed by atoms with E-state index in [1.54, 1.807) is 0 Å². The molecule has 2 aliphatic heterocycles. The minimum Gasteiger partial charge on any atom is -0.392 e. The fraction of sp³-hybridized carbons (Fsp3) is 0.615. The molecule has 2 heterocycles. The monoisotopic (exact) mass is 436 g/mol. The van der Waals surface area contributed by atoms with E-state index in [1.807, 2.05) is 13.2 Å². The summed E-state index contributed by atoms with van der Waals surface area (Å²) in [5.74, 6) is 0.185. The van der Waals surface area contributed by atoms with Gasteiger partial charge in [0, 0.05) is 81.0 Å². The second-order valence-electron chi connectivity index (χ2n) is 9.55. The summed E-state index contributed by atoms with van der Waals surface area (Å²) in [5.41, 5.74) is 7.08. The number of nitrogens with one attached hydrogen (secondary N) is 5. The second kappa shape index (κ2) is 11.0. The number of rotatable bonds is 7. The Morgan fingerprint density at radius 3 is 2.81 bits per heavy atom. The van der Waals surface area contributed by atoms with Gasteiger partial charge in [-0.05, 0) is 37.7 Å². The van der Waals surface area contributed by atoms with Crippen molar-refractivity contribution in [3.05, 3.63) is 46.5 Å². The predicted octanol–water partition coefficient (Wildman–Crippen LogP) is 3.85. The fourth-order valence-electron chi connectivity index (χ4n) is 5.74. The van der Waals surface area contributed by atoms with Crippen molar-refractivity contribution >= 4 is 11.9 Å². The van der Waals surface area contributed by atoms with Crippen LogP contribution in [-0.4, -0.2) is 56.1 Å². The quantitative estimate of drug-likeness (QED) is 0.392. The summed E-state index contributed by atoms with van der Waals surface area (Å²) in [7, 11) is 1.88. The summed E-state index contributed by atoms with van der Waals surface area (Å²) < 4.78 is 0. The van der Waals surface area contributed by atoms with Crippen LogP contribution in [0.25, 0.3) is 0 Å². The van der Waals surface area contributed by atoms with Crippen LogP contribution in [0.15, 0.2) is 46.5 Å². The summed E-state index contributed by atoms with van der Waals surface area (Å²) in [6, 6.07) is 0.589. The molecule has 0 bridgehead atoms. The van der Waals surface area contributed by atoms with Crippen LogP contribution in [0, 0.1) is 16.7 Å². The highest BCUT2D eigenvalue weighted by molar-refractivity contribution is 6.02. The van der Waals surface area contributed by atoms with Crippen molar-refractivity contribution in [2.45, 2.75) is 63.8 Å². The average molecular weight is 437 g/mol. The molecule has 0 amide bonds. The minimum atomic E-state index is 0.185. The Bertz CT molecular complexity index is 827. The molecule has 5 N–H and O–H groups in total. The average Bonchev–Trinajstić information content (AvgIpc) is 3.05. The van der Waals surface area contributed by atoms with Gasteiger partial charge in [-0.25, -0.2) is 0 Å². The van der Waals surface area contributed by atoms with Gasteiger partial charge >= 0.3 is 0 Å². The Kier molecular flexibility index (Phi) is 7.85. The summed E-state index contributed by atoms with van der Waals surface area (Å²) >= 11 is 0. The van der Waals surface area contributed by atoms with E-state index in [0.29, 0.717) is 6.04 Å². The summed E-state index contributed by atoms with van der Waals surface area (Å²) in [6.07, 6.45) is 18.5. The molecule has 6 heteroatoms. The van der Waals surface area contributed by atoms with Gasteiger partial charge in [-0.2, -0.15) is 0 Å². The third-order valence-electron chi connectivity index (χ3n) is 7.44. The molecule has 0 aromatic rings. The van der Waals surface area contributed by atoms with Gasteiger partial charge in [0.15, 0.2) is 0 Å². The van der Waals surface area contributed by atoms with E-state index in [1.165, 1.54) is 60.7 Å². The second-order valence-corrected chi connectivity index (χ2v) is 9.55. The summed E-state index contributed by atoms with van der Waals surface area (Å²) in [6.45, 7) is 3.58. The van der Waals surface area contributed by atoms with Crippen LogP contribution < -0.4 is 16.0 Å². The van der Waals surface area contributed by atoms with E-state index >= 15 is 0 Å². The third-order valence-corrected chi connectivity index (χ3v) is 7.44. The number of nitrogens with zero attached hydrogens (tertiary/aromatic N) is 1. The lowest BCUT2D eigenvalue weighted by Gasteiger charge is -2.33. The van der Waals surface area contributed by atoms with Gasteiger partial charge in [-0.15, -0.1) is 0 Å². The topological polar surface area (TPSA) is 87.0 Å². The van der Waals surface area contributed by atoms with Crippen molar-refractivity contribution < 1.29 is 0 Å². The number of allylic oxidation sites excluding steroid dienone is 3. The first-order valence-electron chi connectivity index (χ1n) is 12.5. The van der Waals surface area contributed by atoms with Gasteiger partial charge < -0.3 is 31.7 Å². The zero-order valence-corrected chi connectivity index (χ0v) is 19.6. The first-order valence-corrected chi connectivity index (χ1v) is 12.5. The standard InChI is InChI=1S/C26H40N6/c1-29-16-21(15-27)32-14-6-11-22-19(18-32)7-5-10-23(22)26(28)24-17-30-13-12-25(24)31-20-8-3-2-4-9-20/h5,7,15-16,20,23,27-31H,2-4,6,8-14,17-18H2,1H3/b21-16+,27-15?,28-26?. The molecule has 32 heavy (non-hydrogen) atoms. The van der Waals surface area contributed by atoms with Gasteiger partial charge in [0.1, 0.15) is 0 Å². The molecule has 0 radical (unpaired) electrons. The molecule has 1 saturated carbocycles. The lowest BCUT2D eigenvalue weighted by atomic mass is 9.78. The van der Waals surface area contributed by atoms with Gasteiger partial charge in [-0.1, -0.05) is 37.0 Å². The van der Waals surface area contributed by atoms with E-state index in [9.17, 15) is 5.41 Å². The molecule has 4 rings (SSSR count). The van der Waals surface area contributed by atoms with Gasteiger partial charge in [0.2, 0.25) is 0 Å². The van der Waals surface area contributed by atoms with Crippen LogP contribution in [0.5, 0.6) is 0 Å². The normalized spacial score (nSPS) is 25.3. The molecule has 6 nitrogen and oxygen atoms in total. The zero-order valence-electron chi connectivity index (χ0n) is 19.6. The fourth-order valence-corrected chi connectivity index (χ4v) is 5.74. The minimum absolute atomic E-state index is 0.185. The Labute approximate surface area is 193 Å². The van der Waals surface area contributed by atoms with Crippen molar-refractivity contribution in [3.63, 3.8) is 0 Å². The number of hydrogen-bond acceptors (Lipinski definition) is 6. The largest absolute Gasteiger partial charge is 0.392 e. The van der Waals surface area contributed by atoms with Crippen LogP contribution in [-0.2, 0) is 0 Å². The molecule has 0 spiro atoms. The Morgan fingerprint density at radius 2 is 2.03 bits per heavy atom. The van der Waals surface area contributed by atoms with Crippen LogP contribution in [0.3, 0.4) is 0 Å². The highest BCUT2D eigenvalue weighted by atomic mass is 15.1. The maximum absolute atomic E-state index is 9.28. The van der Waals surface area contributed by atoms with Gasteiger partial charge in [0.25, 0.3) is 0 Å². The smallest absolute Gasteiger partial charge is 0.0707 e. The Balaban J connectivity index is 1.56. The van der Waals surface area contributed by atoms with E-state index in [-0.39, 0.29) is 5.92 Å². The maximum atomic E-state index is 9.28. The van der Waals surface area contributed by atoms with Crippen molar-refractivity contribution in [2.24, 2.45) is 5.92 Å². The molecule has 0 aromatic carbocycles.